The third-order valence-electron chi connectivity index (χ3n) is 3.11. The zero-order valence-corrected chi connectivity index (χ0v) is 12.9. The van der Waals surface area contributed by atoms with Gasteiger partial charge in [0.15, 0.2) is 0 Å². The van der Waals surface area contributed by atoms with Crippen molar-refractivity contribution in [3.05, 3.63) is 58.1 Å². The smallest absolute Gasteiger partial charge is 0.266 e. The van der Waals surface area contributed by atoms with Crippen molar-refractivity contribution in [2.75, 3.05) is 5.32 Å². The second-order valence-electron chi connectivity index (χ2n) is 4.83. The van der Waals surface area contributed by atoms with Gasteiger partial charge < -0.3 is 15.5 Å². The molecule has 0 aromatic heterocycles. The summed E-state index contributed by atoms with van der Waals surface area (Å²) in [7, 11) is 0. The molecular formula is C17H13ClN2O3. The first-order valence-electron chi connectivity index (χ1n) is 6.62. The number of amides is 1. The van der Waals surface area contributed by atoms with E-state index in [2.05, 4.69) is 5.32 Å². The molecule has 0 aliphatic heterocycles. The topological polar surface area (TPSA) is 93.4 Å². The van der Waals surface area contributed by atoms with Gasteiger partial charge in [0.05, 0.1) is 0 Å². The first-order valence-corrected chi connectivity index (χ1v) is 7.00. The molecule has 0 fully saturated rings. The van der Waals surface area contributed by atoms with Gasteiger partial charge in [-0.15, -0.1) is 0 Å². The fraction of sp³-hybridized carbons (Fsp3) is 0.0588. The van der Waals surface area contributed by atoms with Crippen LogP contribution in [0.2, 0.25) is 5.02 Å². The van der Waals surface area contributed by atoms with Crippen LogP contribution < -0.4 is 5.32 Å². The van der Waals surface area contributed by atoms with E-state index in [4.69, 9.17) is 16.9 Å². The molecule has 0 bridgehead atoms. The van der Waals surface area contributed by atoms with Crippen LogP contribution in [0, 0.1) is 18.3 Å². The number of nitriles is 1. The van der Waals surface area contributed by atoms with E-state index in [0.717, 1.165) is 11.6 Å². The number of nitrogens with zero attached hydrogens (tertiary/aromatic N) is 1. The molecule has 0 saturated heterocycles. The van der Waals surface area contributed by atoms with Crippen molar-refractivity contribution in [3.8, 4) is 17.6 Å². The minimum absolute atomic E-state index is 0.114. The van der Waals surface area contributed by atoms with Crippen LogP contribution in [0.15, 0.2) is 42.0 Å². The van der Waals surface area contributed by atoms with Gasteiger partial charge in [-0.1, -0.05) is 17.7 Å². The van der Waals surface area contributed by atoms with E-state index in [9.17, 15) is 15.0 Å². The average Bonchev–Trinajstić information content (AvgIpc) is 2.50. The van der Waals surface area contributed by atoms with Crippen molar-refractivity contribution in [1.82, 2.24) is 0 Å². The minimum Gasteiger partial charge on any atom is -0.508 e. The molecule has 23 heavy (non-hydrogen) atoms. The summed E-state index contributed by atoms with van der Waals surface area (Å²) in [4.78, 5) is 12.1. The zero-order valence-electron chi connectivity index (χ0n) is 12.2. The van der Waals surface area contributed by atoms with Crippen molar-refractivity contribution >= 4 is 29.3 Å². The van der Waals surface area contributed by atoms with Crippen molar-refractivity contribution < 1.29 is 15.0 Å². The van der Waals surface area contributed by atoms with Crippen molar-refractivity contribution in [2.45, 2.75) is 6.92 Å². The molecule has 0 unspecified atom stereocenters. The van der Waals surface area contributed by atoms with Crippen molar-refractivity contribution in [3.63, 3.8) is 0 Å². The highest BCUT2D eigenvalue weighted by atomic mass is 35.5. The Kier molecular flexibility index (Phi) is 4.89. The van der Waals surface area contributed by atoms with Crippen LogP contribution in [0.5, 0.6) is 11.5 Å². The molecule has 0 atom stereocenters. The number of hydrogen-bond donors (Lipinski definition) is 3. The van der Waals surface area contributed by atoms with Gasteiger partial charge in [-0.3, -0.25) is 4.79 Å². The summed E-state index contributed by atoms with van der Waals surface area (Å²) >= 11 is 5.99. The molecule has 0 saturated carbocycles. The van der Waals surface area contributed by atoms with E-state index in [0.29, 0.717) is 10.7 Å². The fourth-order valence-electron chi connectivity index (χ4n) is 1.83. The van der Waals surface area contributed by atoms with Crippen LogP contribution in [-0.4, -0.2) is 16.1 Å². The summed E-state index contributed by atoms with van der Waals surface area (Å²) in [6.07, 6.45) is 1.24. The molecule has 0 heterocycles. The third-order valence-corrected chi connectivity index (χ3v) is 3.52. The Morgan fingerprint density at radius 2 is 2.00 bits per heavy atom. The number of anilines is 1. The number of phenols is 2. The standard InChI is InChI=1S/C17H13ClN2O3/c1-10-2-4-13(7-15(10)18)20-17(23)12(9-19)6-11-3-5-14(21)8-16(11)22/h2-8,21-22H,1H3,(H,20,23)/b12-6+. The number of hydrogen-bond acceptors (Lipinski definition) is 4. The van der Waals surface area contributed by atoms with Crippen LogP contribution in [-0.2, 0) is 4.79 Å². The third kappa shape index (κ3) is 4.02. The quantitative estimate of drug-likeness (QED) is 0.592. The zero-order chi connectivity index (χ0) is 17.0. The van der Waals surface area contributed by atoms with Gasteiger partial charge in [0.2, 0.25) is 0 Å². The second-order valence-corrected chi connectivity index (χ2v) is 5.24. The first kappa shape index (κ1) is 16.4. The number of aromatic hydroxyl groups is 2. The fourth-order valence-corrected chi connectivity index (χ4v) is 2.01. The Labute approximate surface area is 138 Å². The van der Waals surface area contributed by atoms with Crippen LogP contribution >= 0.6 is 11.6 Å². The van der Waals surface area contributed by atoms with E-state index < -0.39 is 5.91 Å². The minimum atomic E-state index is -0.625. The van der Waals surface area contributed by atoms with E-state index in [1.807, 2.05) is 6.92 Å². The lowest BCUT2D eigenvalue weighted by molar-refractivity contribution is -0.112. The van der Waals surface area contributed by atoms with Gasteiger partial charge in [0.25, 0.3) is 5.91 Å². The Hall–Kier alpha value is -2.97. The predicted octanol–water partition coefficient (Wildman–Crippen LogP) is 3.61. The molecule has 2 aromatic carbocycles. The number of carbonyl (C=O) groups excluding carboxylic acids is 1. The van der Waals surface area contributed by atoms with Gasteiger partial charge in [-0.25, -0.2) is 0 Å². The monoisotopic (exact) mass is 328 g/mol. The van der Waals surface area contributed by atoms with Crippen LogP contribution in [0.3, 0.4) is 0 Å². The van der Waals surface area contributed by atoms with Gasteiger partial charge in [-0.05, 0) is 42.8 Å². The number of rotatable bonds is 3. The lowest BCUT2D eigenvalue weighted by Crippen LogP contribution is -2.13. The molecule has 1 amide bonds. The molecule has 0 aliphatic carbocycles. The number of aryl methyl sites for hydroxylation is 1. The first-order chi connectivity index (χ1) is 10.9. The molecular weight excluding hydrogens is 316 g/mol. The summed E-state index contributed by atoms with van der Waals surface area (Å²) < 4.78 is 0. The normalized spacial score (nSPS) is 10.9. The summed E-state index contributed by atoms with van der Waals surface area (Å²) in [5.41, 5.74) is 1.38. The summed E-state index contributed by atoms with van der Waals surface area (Å²) in [5, 5.41) is 31.2. The number of nitrogens with one attached hydrogen (secondary N) is 1. The molecule has 6 heteroatoms. The second kappa shape index (κ2) is 6.86. The largest absolute Gasteiger partial charge is 0.508 e. The lowest BCUT2D eigenvalue weighted by Gasteiger charge is -2.06. The lowest BCUT2D eigenvalue weighted by atomic mass is 10.1. The van der Waals surface area contributed by atoms with Crippen LogP contribution in [0.1, 0.15) is 11.1 Å². The van der Waals surface area contributed by atoms with E-state index >= 15 is 0 Å². The molecule has 2 aromatic rings. The van der Waals surface area contributed by atoms with Crippen LogP contribution in [0.4, 0.5) is 5.69 Å². The highest BCUT2D eigenvalue weighted by molar-refractivity contribution is 6.31. The SMILES string of the molecule is Cc1ccc(NC(=O)/C(C#N)=C/c2ccc(O)cc2O)cc1Cl. The highest BCUT2D eigenvalue weighted by Gasteiger charge is 2.11. The highest BCUT2D eigenvalue weighted by Crippen LogP contribution is 2.25. The van der Waals surface area contributed by atoms with Gasteiger partial charge in [0, 0.05) is 22.3 Å². The average molecular weight is 329 g/mol. The van der Waals surface area contributed by atoms with Crippen molar-refractivity contribution in [2.24, 2.45) is 0 Å². The maximum Gasteiger partial charge on any atom is 0.266 e. The van der Waals surface area contributed by atoms with E-state index in [-0.39, 0.29) is 22.6 Å². The summed E-state index contributed by atoms with van der Waals surface area (Å²) in [5.74, 6) is -0.972. The van der Waals surface area contributed by atoms with Gasteiger partial charge in [0.1, 0.15) is 23.1 Å². The number of phenolic OH excluding ortho intramolecular Hbond substituents is 2. The Morgan fingerprint density at radius 3 is 2.61 bits per heavy atom. The number of halogens is 1. The molecule has 5 nitrogen and oxygen atoms in total. The van der Waals surface area contributed by atoms with Crippen LogP contribution in [0.25, 0.3) is 6.08 Å². The molecule has 3 N–H and O–H groups in total. The van der Waals surface area contributed by atoms with Gasteiger partial charge >= 0.3 is 0 Å². The number of carbonyl (C=O) groups is 1. The number of benzene rings is 2. The summed E-state index contributed by atoms with van der Waals surface area (Å²) in [6.45, 7) is 1.84. The molecule has 0 spiro atoms. The molecule has 0 aliphatic rings. The Morgan fingerprint density at radius 1 is 1.26 bits per heavy atom. The molecule has 116 valence electrons. The maximum absolute atomic E-state index is 12.1. The molecule has 2 rings (SSSR count). The van der Waals surface area contributed by atoms with E-state index in [1.54, 1.807) is 24.3 Å². The Balaban J connectivity index is 2.26. The predicted molar refractivity (Wildman–Crippen MR) is 88.2 cm³/mol. The van der Waals surface area contributed by atoms with Crippen molar-refractivity contribution in [1.29, 1.82) is 5.26 Å². The Bertz CT molecular complexity index is 838. The molecule has 0 radical (unpaired) electrons. The van der Waals surface area contributed by atoms with Gasteiger partial charge in [-0.2, -0.15) is 5.26 Å². The maximum atomic E-state index is 12.1. The van der Waals surface area contributed by atoms with E-state index in [1.165, 1.54) is 18.2 Å². The summed E-state index contributed by atoms with van der Waals surface area (Å²) in [6, 6.07) is 10.7.